The predicted octanol–water partition coefficient (Wildman–Crippen LogP) is 2.78. The number of nitrogens with zero attached hydrogens (tertiary/aromatic N) is 2. The minimum absolute atomic E-state index is 0.189. The van der Waals surface area contributed by atoms with Crippen LogP contribution in [0.2, 0.25) is 0 Å². The fourth-order valence-electron chi connectivity index (χ4n) is 2.52. The van der Waals surface area contributed by atoms with Crippen LogP contribution in [0.25, 0.3) is 0 Å². The molecule has 0 bridgehead atoms. The first kappa shape index (κ1) is 15.0. The summed E-state index contributed by atoms with van der Waals surface area (Å²) in [6.07, 6.45) is 5.67. The summed E-state index contributed by atoms with van der Waals surface area (Å²) in [6.45, 7) is 5.53. The van der Waals surface area contributed by atoms with Gasteiger partial charge < -0.3 is 9.64 Å². The summed E-state index contributed by atoms with van der Waals surface area (Å²) >= 11 is 0. The maximum atomic E-state index is 12.4. The molecule has 1 aromatic heterocycles. The summed E-state index contributed by atoms with van der Waals surface area (Å²) in [6, 6.07) is 6.00. The lowest BCUT2D eigenvalue weighted by Crippen LogP contribution is -2.36. The van der Waals surface area contributed by atoms with Gasteiger partial charge in [0.15, 0.2) is 0 Å². The fourth-order valence-corrected chi connectivity index (χ4v) is 2.52. The monoisotopic (exact) mass is 276 g/mol. The second-order valence-corrected chi connectivity index (χ2v) is 5.61. The average Bonchev–Trinajstić information content (AvgIpc) is 2.96. The highest BCUT2D eigenvalue weighted by Crippen LogP contribution is 2.18. The Morgan fingerprint density at radius 2 is 2.35 bits per heavy atom. The third-order valence-corrected chi connectivity index (χ3v) is 3.71. The predicted molar refractivity (Wildman–Crippen MR) is 78.1 cm³/mol. The molecule has 1 atom stereocenters. The van der Waals surface area contributed by atoms with Crippen LogP contribution >= 0.6 is 0 Å². The molecule has 0 unspecified atom stereocenters. The standard InChI is InChI=1S/C16H24N2O2/c1-13(2)18(12-14-6-3-4-10-17-14)16(19)9-8-15-7-5-11-20-15/h3-4,6,10,13,15H,5,7-9,11-12H2,1-2H3/t15-/m1/s1. The molecule has 1 fully saturated rings. The summed E-state index contributed by atoms with van der Waals surface area (Å²) in [5.74, 6) is 0.196. The van der Waals surface area contributed by atoms with Crippen molar-refractivity contribution in [3.63, 3.8) is 0 Å². The number of carbonyl (C=O) groups is 1. The van der Waals surface area contributed by atoms with Crippen molar-refractivity contribution >= 4 is 5.91 Å². The minimum atomic E-state index is 0.189. The molecule has 1 saturated heterocycles. The van der Waals surface area contributed by atoms with Crippen molar-refractivity contribution in [2.45, 2.75) is 58.2 Å². The van der Waals surface area contributed by atoms with Crippen LogP contribution in [0.3, 0.4) is 0 Å². The first-order valence-electron chi connectivity index (χ1n) is 7.48. The number of rotatable bonds is 6. The molecule has 0 aromatic carbocycles. The number of hydrogen-bond acceptors (Lipinski definition) is 3. The van der Waals surface area contributed by atoms with Gasteiger partial charge in [0.25, 0.3) is 0 Å². The van der Waals surface area contributed by atoms with Crippen molar-refractivity contribution in [1.29, 1.82) is 0 Å². The zero-order chi connectivity index (χ0) is 14.4. The van der Waals surface area contributed by atoms with Gasteiger partial charge >= 0.3 is 0 Å². The van der Waals surface area contributed by atoms with E-state index in [0.29, 0.717) is 13.0 Å². The summed E-state index contributed by atoms with van der Waals surface area (Å²) in [5, 5.41) is 0. The third-order valence-electron chi connectivity index (χ3n) is 3.71. The molecule has 4 heteroatoms. The molecule has 20 heavy (non-hydrogen) atoms. The SMILES string of the molecule is CC(C)N(Cc1ccccn1)C(=O)CC[C@H]1CCCO1. The maximum absolute atomic E-state index is 12.4. The van der Waals surface area contributed by atoms with Crippen LogP contribution in [0.5, 0.6) is 0 Å². The first-order valence-corrected chi connectivity index (χ1v) is 7.48. The van der Waals surface area contributed by atoms with Crippen LogP contribution < -0.4 is 0 Å². The molecule has 1 aliphatic rings. The van der Waals surface area contributed by atoms with Gasteiger partial charge in [-0.25, -0.2) is 0 Å². The summed E-state index contributed by atoms with van der Waals surface area (Å²) < 4.78 is 5.58. The van der Waals surface area contributed by atoms with E-state index in [4.69, 9.17) is 4.74 Å². The quantitative estimate of drug-likeness (QED) is 0.802. The molecule has 2 heterocycles. The lowest BCUT2D eigenvalue weighted by Gasteiger charge is -2.27. The van der Waals surface area contributed by atoms with Gasteiger partial charge in [0.05, 0.1) is 18.3 Å². The second-order valence-electron chi connectivity index (χ2n) is 5.61. The van der Waals surface area contributed by atoms with Crippen LogP contribution in [0.1, 0.15) is 45.2 Å². The van der Waals surface area contributed by atoms with Gasteiger partial charge in [-0.2, -0.15) is 0 Å². The number of amides is 1. The number of ether oxygens (including phenoxy) is 1. The molecule has 0 aliphatic carbocycles. The Kier molecular flexibility index (Phi) is 5.53. The van der Waals surface area contributed by atoms with Gasteiger partial charge in [-0.3, -0.25) is 9.78 Å². The number of carbonyl (C=O) groups excluding carboxylic acids is 1. The maximum Gasteiger partial charge on any atom is 0.223 e. The zero-order valence-corrected chi connectivity index (χ0v) is 12.4. The van der Waals surface area contributed by atoms with Crippen molar-refractivity contribution in [1.82, 2.24) is 9.88 Å². The Hall–Kier alpha value is -1.42. The fraction of sp³-hybridized carbons (Fsp3) is 0.625. The highest BCUT2D eigenvalue weighted by molar-refractivity contribution is 5.76. The highest BCUT2D eigenvalue weighted by Gasteiger charge is 2.21. The van der Waals surface area contributed by atoms with Crippen molar-refractivity contribution in [2.75, 3.05) is 6.61 Å². The number of aromatic nitrogens is 1. The lowest BCUT2D eigenvalue weighted by molar-refractivity contribution is -0.134. The molecular formula is C16H24N2O2. The van der Waals surface area contributed by atoms with Crippen molar-refractivity contribution < 1.29 is 9.53 Å². The van der Waals surface area contributed by atoms with Gasteiger partial charge in [-0.1, -0.05) is 6.07 Å². The molecule has 4 nitrogen and oxygen atoms in total. The summed E-state index contributed by atoms with van der Waals surface area (Å²) in [4.78, 5) is 18.6. The van der Waals surface area contributed by atoms with Crippen LogP contribution in [0, 0.1) is 0 Å². The van der Waals surface area contributed by atoms with E-state index in [1.165, 1.54) is 0 Å². The van der Waals surface area contributed by atoms with E-state index in [1.807, 2.05) is 36.9 Å². The Balaban J connectivity index is 1.88. The summed E-state index contributed by atoms with van der Waals surface area (Å²) in [7, 11) is 0. The molecule has 0 N–H and O–H groups in total. The normalized spacial score (nSPS) is 18.4. The molecule has 2 rings (SSSR count). The average molecular weight is 276 g/mol. The highest BCUT2D eigenvalue weighted by atomic mass is 16.5. The summed E-state index contributed by atoms with van der Waals surface area (Å²) in [5.41, 5.74) is 0.937. The van der Waals surface area contributed by atoms with Crippen molar-refractivity contribution in [3.05, 3.63) is 30.1 Å². The third kappa shape index (κ3) is 4.30. The van der Waals surface area contributed by atoms with Gasteiger partial charge in [0.2, 0.25) is 5.91 Å². The molecule has 110 valence electrons. The Morgan fingerprint density at radius 3 is 2.95 bits per heavy atom. The van der Waals surface area contributed by atoms with E-state index < -0.39 is 0 Å². The molecule has 0 saturated carbocycles. The minimum Gasteiger partial charge on any atom is -0.378 e. The molecule has 0 spiro atoms. The van der Waals surface area contributed by atoms with Gasteiger partial charge in [0.1, 0.15) is 0 Å². The van der Waals surface area contributed by atoms with E-state index in [0.717, 1.165) is 31.6 Å². The largest absolute Gasteiger partial charge is 0.378 e. The molecule has 1 aliphatic heterocycles. The van der Waals surface area contributed by atoms with Gasteiger partial charge in [-0.05, 0) is 45.2 Å². The lowest BCUT2D eigenvalue weighted by atomic mass is 10.1. The van der Waals surface area contributed by atoms with Gasteiger partial charge in [-0.15, -0.1) is 0 Å². The first-order chi connectivity index (χ1) is 9.66. The van der Waals surface area contributed by atoms with E-state index in [9.17, 15) is 4.79 Å². The van der Waals surface area contributed by atoms with Crippen LogP contribution in [-0.4, -0.2) is 34.5 Å². The Labute approximate surface area is 121 Å². The smallest absolute Gasteiger partial charge is 0.223 e. The molecule has 1 aromatic rings. The molecular weight excluding hydrogens is 252 g/mol. The van der Waals surface area contributed by atoms with Crippen LogP contribution in [-0.2, 0) is 16.1 Å². The van der Waals surface area contributed by atoms with Crippen LogP contribution in [0.15, 0.2) is 24.4 Å². The zero-order valence-electron chi connectivity index (χ0n) is 12.4. The topological polar surface area (TPSA) is 42.4 Å². The van der Waals surface area contributed by atoms with E-state index >= 15 is 0 Å². The Morgan fingerprint density at radius 1 is 1.50 bits per heavy atom. The number of hydrogen-bond donors (Lipinski definition) is 0. The second kappa shape index (κ2) is 7.39. The molecule has 0 radical (unpaired) electrons. The molecule has 1 amide bonds. The van der Waals surface area contributed by atoms with Gasteiger partial charge in [0, 0.05) is 25.3 Å². The van der Waals surface area contributed by atoms with Crippen LogP contribution in [0.4, 0.5) is 0 Å². The van der Waals surface area contributed by atoms with Crippen molar-refractivity contribution in [2.24, 2.45) is 0 Å². The van der Waals surface area contributed by atoms with Crippen molar-refractivity contribution in [3.8, 4) is 0 Å². The van der Waals surface area contributed by atoms with E-state index in [1.54, 1.807) is 6.20 Å². The van der Waals surface area contributed by atoms with E-state index in [-0.39, 0.29) is 18.1 Å². The Bertz CT molecular complexity index is 414. The van der Waals surface area contributed by atoms with E-state index in [2.05, 4.69) is 4.98 Å². The number of pyridine rings is 1.